The number of anilines is 1. The van der Waals surface area contributed by atoms with Crippen molar-refractivity contribution in [2.75, 3.05) is 25.4 Å². The normalized spacial score (nSPS) is 21.1. The molecule has 1 atom stereocenters. The molecular formula is C10H11N5O3S2. The lowest BCUT2D eigenvalue weighted by Gasteiger charge is -2.28. The van der Waals surface area contributed by atoms with E-state index in [2.05, 4.69) is 4.98 Å². The zero-order valence-corrected chi connectivity index (χ0v) is 11.9. The van der Waals surface area contributed by atoms with E-state index < -0.39 is 16.1 Å². The van der Waals surface area contributed by atoms with Crippen LogP contribution >= 0.6 is 11.3 Å². The summed E-state index contributed by atoms with van der Waals surface area (Å²) >= 11 is 1.30. The first-order chi connectivity index (χ1) is 9.54. The maximum atomic E-state index is 12.7. The summed E-state index contributed by atoms with van der Waals surface area (Å²) in [5, 5.41) is 10.5. The van der Waals surface area contributed by atoms with E-state index in [9.17, 15) is 8.42 Å². The molecule has 106 valence electrons. The number of hydrogen-bond acceptors (Lipinski definition) is 7. The molecule has 2 N–H and O–H groups in total. The van der Waals surface area contributed by atoms with Crippen LogP contribution in [0, 0.1) is 11.3 Å². The number of nitrogens with two attached hydrogens (primary N) is 1. The predicted molar refractivity (Wildman–Crippen MR) is 71.6 cm³/mol. The van der Waals surface area contributed by atoms with Crippen molar-refractivity contribution < 1.29 is 13.2 Å². The second-order valence-electron chi connectivity index (χ2n) is 4.21. The summed E-state index contributed by atoms with van der Waals surface area (Å²) in [6.07, 6.45) is 0.851. The zero-order chi connectivity index (χ0) is 14.3. The minimum Gasteiger partial charge on any atom is -0.381 e. The molecule has 0 aromatic carbocycles. The average Bonchev–Trinajstić information content (AvgIpc) is 2.98. The third kappa shape index (κ3) is 1.95. The molecule has 0 spiro atoms. The fourth-order valence-electron chi connectivity index (χ4n) is 2.08. The lowest BCUT2D eigenvalue weighted by Crippen LogP contribution is -2.45. The first-order valence-electron chi connectivity index (χ1n) is 5.76. The van der Waals surface area contributed by atoms with Gasteiger partial charge in [-0.05, 0) is 0 Å². The number of fused-ring (bicyclic) bond motifs is 1. The van der Waals surface area contributed by atoms with Crippen LogP contribution in [0.3, 0.4) is 0 Å². The van der Waals surface area contributed by atoms with Crippen LogP contribution in [0.15, 0.2) is 16.6 Å². The van der Waals surface area contributed by atoms with Gasteiger partial charge < -0.3 is 10.5 Å². The van der Waals surface area contributed by atoms with Crippen molar-refractivity contribution in [1.29, 1.82) is 5.26 Å². The molecule has 3 rings (SSSR count). The number of aromatic nitrogens is 2. The molecule has 1 aliphatic heterocycles. The largest absolute Gasteiger partial charge is 0.381 e. The Labute approximate surface area is 119 Å². The first kappa shape index (κ1) is 13.3. The summed E-state index contributed by atoms with van der Waals surface area (Å²) in [6, 6.07) is 1.92. The maximum Gasteiger partial charge on any atom is 0.263 e. The van der Waals surface area contributed by atoms with Crippen LogP contribution in [0.25, 0.3) is 4.96 Å². The molecule has 0 bridgehead atoms. The van der Waals surface area contributed by atoms with Crippen molar-refractivity contribution in [3.8, 4) is 6.07 Å². The summed E-state index contributed by atoms with van der Waals surface area (Å²) in [4.78, 5) is 4.55. The maximum absolute atomic E-state index is 12.7. The number of imidazole rings is 1. The van der Waals surface area contributed by atoms with Gasteiger partial charge in [-0.1, -0.05) is 0 Å². The summed E-state index contributed by atoms with van der Waals surface area (Å²) in [6.45, 7) is 0.371. The second kappa shape index (κ2) is 4.71. The zero-order valence-electron chi connectivity index (χ0n) is 10.3. The second-order valence-corrected chi connectivity index (χ2v) is 6.94. The minimum atomic E-state index is -3.80. The van der Waals surface area contributed by atoms with Crippen LogP contribution in [0.2, 0.25) is 0 Å². The average molecular weight is 313 g/mol. The standard InChI is InChI=1S/C10H11N5O3S2/c11-5-7-6-14(1-3-18-7)20(16,17)9-8(12)13-10-15(9)2-4-19-10/h2,4,7H,1,3,6,12H2. The van der Waals surface area contributed by atoms with Crippen LogP contribution in [-0.4, -0.2) is 47.9 Å². The van der Waals surface area contributed by atoms with Gasteiger partial charge in [-0.25, -0.2) is 13.4 Å². The fraction of sp³-hybridized carbons (Fsp3) is 0.400. The first-order valence-corrected chi connectivity index (χ1v) is 8.08. The Bertz CT molecular complexity index is 788. The van der Waals surface area contributed by atoms with Gasteiger partial charge in [-0.15, -0.1) is 11.3 Å². The highest BCUT2D eigenvalue weighted by molar-refractivity contribution is 7.89. The monoisotopic (exact) mass is 313 g/mol. The number of nitrogens with zero attached hydrogens (tertiary/aromatic N) is 4. The van der Waals surface area contributed by atoms with E-state index >= 15 is 0 Å². The molecule has 20 heavy (non-hydrogen) atoms. The molecule has 8 nitrogen and oxygen atoms in total. The van der Waals surface area contributed by atoms with E-state index in [0.29, 0.717) is 4.96 Å². The van der Waals surface area contributed by atoms with Gasteiger partial charge >= 0.3 is 0 Å². The van der Waals surface area contributed by atoms with Crippen molar-refractivity contribution in [3.05, 3.63) is 11.6 Å². The molecule has 2 aromatic rings. The topological polar surface area (TPSA) is 114 Å². The number of sulfonamides is 1. The molecule has 3 heterocycles. The van der Waals surface area contributed by atoms with E-state index in [1.807, 2.05) is 6.07 Å². The Balaban J connectivity index is 2.06. The number of rotatable bonds is 2. The Morgan fingerprint density at radius 3 is 3.15 bits per heavy atom. The molecule has 1 fully saturated rings. The number of thiazole rings is 1. The minimum absolute atomic E-state index is 0.00432. The Morgan fingerprint density at radius 2 is 2.40 bits per heavy atom. The van der Waals surface area contributed by atoms with Crippen molar-refractivity contribution in [1.82, 2.24) is 13.7 Å². The highest BCUT2D eigenvalue weighted by Gasteiger charge is 2.35. The molecule has 1 unspecified atom stereocenters. The number of hydrogen-bond donors (Lipinski definition) is 1. The lowest BCUT2D eigenvalue weighted by molar-refractivity contribution is 0.0310. The van der Waals surface area contributed by atoms with Crippen molar-refractivity contribution in [3.63, 3.8) is 0 Å². The molecular weight excluding hydrogens is 302 g/mol. The van der Waals surface area contributed by atoms with Crippen LogP contribution in [0.1, 0.15) is 0 Å². The smallest absolute Gasteiger partial charge is 0.263 e. The lowest BCUT2D eigenvalue weighted by atomic mass is 10.3. The van der Waals surface area contributed by atoms with E-state index in [0.717, 1.165) is 0 Å². The van der Waals surface area contributed by atoms with Gasteiger partial charge in [-0.2, -0.15) is 9.57 Å². The fourth-order valence-corrected chi connectivity index (χ4v) is 4.46. The van der Waals surface area contributed by atoms with Gasteiger partial charge in [0.15, 0.2) is 21.9 Å². The van der Waals surface area contributed by atoms with Crippen LogP contribution < -0.4 is 5.73 Å². The number of nitrogen functional groups attached to an aromatic ring is 1. The SMILES string of the molecule is N#CC1CN(S(=O)(=O)c2c(N)nc3sccn23)CCO1. The summed E-state index contributed by atoms with van der Waals surface area (Å²) in [7, 11) is -3.80. The molecule has 0 amide bonds. The number of nitriles is 1. The molecule has 0 aliphatic carbocycles. The summed E-state index contributed by atoms with van der Waals surface area (Å²) < 4.78 is 33.1. The van der Waals surface area contributed by atoms with Gasteiger partial charge in [0, 0.05) is 18.1 Å². The van der Waals surface area contributed by atoms with E-state index in [1.54, 1.807) is 11.6 Å². The number of morpholine rings is 1. The molecule has 1 aliphatic rings. The molecule has 0 radical (unpaired) electrons. The van der Waals surface area contributed by atoms with Gasteiger partial charge in [0.2, 0.25) is 0 Å². The number of ether oxygens (including phenoxy) is 1. The van der Waals surface area contributed by atoms with Gasteiger partial charge in [-0.3, -0.25) is 4.40 Å². The molecule has 1 saturated heterocycles. The van der Waals surface area contributed by atoms with Crippen LogP contribution in [0.5, 0.6) is 0 Å². The quantitative estimate of drug-likeness (QED) is 0.827. The molecule has 10 heteroatoms. The summed E-state index contributed by atoms with van der Waals surface area (Å²) in [5.74, 6) is -0.0307. The van der Waals surface area contributed by atoms with Gasteiger partial charge in [0.25, 0.3) is 10.0 Å². The Morgan fingerprint density at radius 1 is 1.60 bits per heavy atom. The third-order valence-electron chi connectivity index (χ3n) is 3.00. The highest BCUT2D eigenvalue weighted by Crippen LogP contribution is 2.27. The summed E-state index contributed by atoms with van der Waals surface area (Å²) in [5.41, 5.74) is 5.73. The molecule has 2 aromatic heterocycles. The third-order valence-corrected chi connectivity index (χ3v) is 5.66. The van der Waals surface area contributed by atoms with E-state index in [-0.39, 0.29) is 30.5 Å². The van der Waals surface area contributed by atoms with Crippen LogP contribution in [0.4, 0.5) is 5.82 Å². The Kier molecular flexibility index (Phi) is 3.14. The van der Waals surface area contributed by atoms with Crippen molar-refractivity contribution >= 4 is 32.1 Å². The molecule has 0 saturated carbocycles. The van der Waals surface area contributed by atoms with Crippen molar-refractivity contribution in [2.45, 2.75) is 11.1 Å². The van der Waals surface area contributed by atoms with Crippen molar-refractivity contribution in [2.24, 2.45) is 0 Å². The van der Waals surface area contributed by atoms with E-state index in [1.165, 1.54) is 20.0 Å². The van der Waals surface area contributed by atoms with Crippen LogP contribution in [-0.2, 0) is 14.8 Å². The van der Waals surface area contributed by atoms with E-state index in [4.69, 9.17) is 15.7 Å². The van der Waals surface area contributed by atoms with Gasteiger partial charge in [0.1, 0.15) is 0 Å². The van der Waals surface area contributed by atoms with Gasteiger partial charge in [0.05, 0.1) is 19.2 Å². The predicted octanol–water partition coefficient (Wildman–Crippen LogP) is -0.109. The Hall–Kier alpha value is -1.67. The highest BCUT2D eigenvalue weighted by atomic mass is 32.2.